The predicted molar refractivity (Wildman–Crippen MR) is 103 cm³/mol. The van der Waals surface area contributed by atoms with Gasteiger partial charge in [0.2, 0.25) is 0 Å². The van der Waals surface area contributed by atoms with Gasteiger partial charge in [0, 0.05) is 16.2 Å². The first kappa shape index (κ1) is 18.9. The molecular formula is C20H20BrNO3. The number of hydrogen-bond donors (Lipinski definition) is 1. The van der Waals surface area contributed by atoms with Gasteiger partial charge in [-0.3, -0.25) is 4.79 Å². The van der Waals surface area contributed by atoms with Gasteiger partial charge < -0.3 is 10.1 Å². The summed E-state index contributed by atoms with van der Waals surface area (Å²) in [4.78, 5) is 24.1. The van der Waals surface area contributed by atoms with Crippen LogP contribution in [0, 0.1) is 13.8 Å². The highest BCUT2D eigenvalue weighted by molar-refractivity contribution is 9.10. The lowest BCUT2D eigenvalue weighted by Crippen LogP contribution is -2.29. The Kier molecular flexibility index (Phi) is 6.53. The smallest absolute Gasteiger partial charge is 0.331 e. The molecule has 0 aromatic heterocycles. The normalized spacial score (nSPS) is 12.0. The lowest BCUT2D eigenvalue weighted by atomic mass is 10.1. The van der Waals surface area contributed by atoms with Gasteiger partial charge in [0.05, 0.1) is 0 Å². The van der Waals surface area contributed by atoms with Crippen LogP contribution < -0.4 is 5.32 Å². The van der Waals surface area contributed by atoms with E-state index in [1.165, 1.54) is 6.08 Å². The summed E-state index contributed by atoms with van der Waals surface area (Å²) < 4.78 is 6.07. The van der Waals surface area contributed by atoms with E-state index in [4.69, 9.17) is 4.74 Å². The van der Waals surface area contributed by atoms with Crippen LogP contribution in [0.5, 0.6) is 0 Å². The minimum atomic E-state index is -0.889. The Labute approximate surface area is 156 Å². The number of hydrogen-bond acceptors (Lipinski definition) is 3. The van der Waals surface area contributed by atoms with E-state index in [2.05, 4.69) is 21.2 Å². The van der Waals surface area contributed by atoms with Gasteiger partial charge in [-0.1, -0.05) is 45.8 Å². The highest BCUT2D eigenvalue weighted by atomic mass is 79.9. The Morgan fingerprint density at radius 3 is 2.60 bits per heavy atom. The predicted octanol–water partition coefficient (Wildman–Crippen LogP) is 4.65. The number of carbonyl (C=O) groups is 2. The van der Waals surface area contributed by atoms with Crippen molar-refractivity contribution >= 4 is 39.6 Å². The fourth-order valence-corrected chi connectivity index (χ4v) is 2.65. The molecule has 0 saturated carbocycles. The molecular weight excluding hydrogens is 382 g/mol. The molecule has 0 aliphatic heterocycles. The molecule has 0 bridgehead atoms. The van der Waals surface area contributed by atoms with Gasteiger partial charge >= 0.3 is 5.97 Å². The molecule has 1 N–H and O–H groups in total. The zero-order chi connectivity index (χ0) is 18.4. The van der Waals surface area contributed by atoms with E-state index in [9.17, 15) is 9.59 Å². The first-order valence-electron chi connectivity index (χ1n) is 7.87. The summed E-state index contributed by atoms with van der Waals surface area (Å²) in [5.41, 5.74) is 3.65. The minimum absolute atomic E-state index is 0.365. The zero-order valence-corrected chi connectivity index (χ0v) is 16.0. The molecule has 25 heavy (non-hydrogen) atoms. The number of nitrogens with one attached hydrogen (secondary N) is 1. The van der Waals surface area contributed by atoms with E-state index in [-0.39, 0.29) is 5.91 Å². The van der Waals surface area contributed by atoms with Crippen molar-refractivity contribution < 1.29 is 14.3 Å². The summed E-state index contributed by atoms with van der Waals surface area (Å²) in [5, 5.41) is 2.78. The summed E-state index contributed by atoms with van der Waals surface area (Å²) in [7, 11) is 0. The van der Waals surface area contributed by atoms with Crippen molar-refractivity contribution in [3.05, 3.63) is 69.7 Å². The van der Waals surface area contributed by atoms with Crippen LogP contribution in [0.1, 0.15) is 23.6 Å². The molecule has 0 unspecified atom stereocenters. The monoisotopic (exact) mass is 401 g/mol. The van der Waals surface area contributed by atoms with Crippen LogP contribution in [0.2, 0.25) is 0 Å². The number of esters is 1. The van der Waals surface area contributed by atoms with Crippen LogP contribution >= 0.6 is 15.9 Å². The zero-order valence-electron chi connectivity index (χ0n) is 14.4. The van der Waals surface area contributed by atoms with Crippen LogP contribution in [0.4, 0.5) is 5.69 Å². The molecule has 130 valence electrons. The van der Waals surface area contributed by atoms with E-state index in [1.54, 1.807) is 13.0 Å². The Hall–Kier alpha value is -2.40. The van der Waals surface area contributed by atoms with Crippen molar-refractivity contribution in [3.8, 4) is 0 Å². The number of anilines is 1. The van der Waals surface area contributed by atoms with E-state index in [0.717, 1.165) is 21.2 Å². The Morgan fingerprint density at radius 2 is 1.92 bits per heavy atom. The number of benzene rings is 2. The molecule has 1 amide bonds. The van der Waals surface area contributed by atoms with Crippen LogP contribution in [-0.2, 0) is 14.3 Å². The largest absolute Gasteiger partial charge is 0.449 e. The van der Waals surface area contributed by atoms with Gasteiger partial charge in [0.25, 0.3) is 5.91 Å². The number of amides is 1. The first-order chi connectivity index (χ1) is 11.8. The number of carbonyl (C=O) groups excluding carboxylic acids is 2. The third-order valence-electron chi connectivity index (χ3n) is 3.56. The fourth-order valence-electron chi connectivity index (χ4n) is 2.23. The number of rotatable bonds is 5. The van der Waals surface area contributed by atoms with E-state index < -0.39 is 12.1 Å². The van der Waals surface area contributed by atoms with Crippen LogP contribution in [-0.4, -0.2) is 18.0 Å². The molecule has 0 spiro atoms. The van der Waals surface area contributed by atoms with Gasteiger partial charge in [-0.15, -0.1) is 0 Å². The lowest BCUT2D eigenvalue weighted by molar-refractivity contribution is -0.148. The summed E-state index contributed by atoms with van der Waals surface area (Å²) >= 11 is 3.37. The Balaban J connectivity index is 1.92. The topological polar surface area (TPSA) is 55.4 Å². The molecule has 5 heteroatoms. The quantitative estimate of drug-likeness (QED) is 0.585. The minimum Gasteiger partial charge on any atom is -0.449 e. The standard InChI is InChI=1S/C20H20BrNO3/c1-13-7-9-18(14(2)11-13)22-20(24)15(3)25-19(23)10-8-16-5-4-6-17(21)12-16/h4-12,15H,1-3H3,(H,22,24)/b10-8+/t15-/m1/s1. The molecule has 0 fully saturated rings. The van der Waals surface area contributed by atoms with Gasteiger partial charge in [-0.25, -0.2) is 4.79 Å². The second-order valence-corrected chi connectivity index (χ2v) is 6.69. The average Bonchev–Trinajstić information content (AvgIpc) is 2.55. The SMILES string of the molecule is Cc1ccc(NC(=O)[C@@H](C)OC(=O)/C=C/c2cccc(Br)c2)c(C)c1. The van der Waals surface area contributed by atoms with Crippen molar-refractivity contribution in [2.24, 2.45) is 0 Å². The van der Waals surface area contributed by atoms with Crippen molar-refractivity contribution in [3.63, 3.8) is 0 Å². The fraction of sp³-hybridized carbons (Fsp3) is 0.200. The second-order valence-electron chi connectivity index (χ2n) is 5.78. The van der Waals surface area contributed by atoms with E-state index >= 15 is 0 Å². The number of ether oxygens (including phenoxy) is 1. The average molecular weight is 402 g/mol. The Bertz CT molecular complexity index is 814. The van der Waals surface area contributed by atoms with Gasteiger partial charge in [-0.05, 0) is 56.2 Å². The van der Waals surface area contributed by atoms with Crippen LogP contribution in [0.25, 0.3) is 6.08 Å². The molecule has 0 saturated heterocycles. The van der Waals surface area contributed by atoms with Crippen LogP contribution in [0.3, 0.4) is 0 Å². The molecule has 2 aromatic rings. The lowest BCUT2D eigenvalue weighted by Gasteiger charge is -2.14. The summed E-state index contributed by atoms with van der Waals surface area (Å²) in [6.07, 6.45) is 2.06. The molecule has 0 radical (unpaired) electrons. The molecule has 0 heterocycles. The summed E-state index contributed by atoms with van der Waals surface area (Å²) in [6.45, 7) is 5.45. The van der Waals surface area contributed by atoms with E-state index in [0.29, 0.717) is 5.69 Å². The van der Waals surface area contributed by atoms with Crippen LogP contribution in [0.15, 0.2) is 53.0 Å². The van der Waals surface area contributed by atoms with Crippen molar-refractivity contribution in [1.29, 1.82) is 0 Å². The number of halogens is 1. The molecule has 2 aromatic carbocycles. The van der Waals surface area contributed by atoms with Crippen molar-refractivity contribution in [2.75, 3.05) is 5.32 Å². The summed E-state index contributed by atoms with van der Waals surface area (Å²) in [6, 6.07) is 13.2. The van der Waals surface area contributed by atoms with E-state index in [1.807, 2.05) is 56.3 Å². The molecule has 4 nitrogen and oxygen atoms in total. The summed E-state index contributed by atoms with van der Waals surface area (Å²) in [5.74, 6) is -0.931. The molecule has 0 aliphatic carbocycles. The maximum atomic E-state index is 12.2. The van der Waals surface area contributed by atoms with Gasteiger partial charge in [0.15, 0.2) is 6.10 Å². The third-order valence-corrected chi connectivity index (χ3v) is 4.06. The van der Waals surface area contributed by atoms with Crippen molar-refractivity contribution in [1.82, 2.24) is 0 Å². The maximum Gasteiger partial charge on any atom is 0.331 e. The van der Waals surface area contributed by atoms with Gasteiger partial charge in [0.1, 0.15) is 0 Å². The molecule has 2 rings (SSSR count). The second kappa shape index (κ2) is 8.62. The highest BCUT2D eigenvalue weighted by Crippen LogP contribution is 2.17. The first-order valence-corrected chi connectivity index (χ1v) is 8.67. The highest BCUT2D eigenvalue weighted by Gasteiger charge is 2.17. The molecule has 0 aliphatic rings. The number of aryl methyl sites for hydroxylation is 2. The Morgan fingerprint density at radius 1 is 1.16 bits per heavy atom. The van der Waals surface area contributed by atoms with Gasteiger partial charge in [-0.2, -0.15) is 0 Å². The molecule has 1 atom stereocenters. The third kappa shape index (κ3) is 5.87. The maximum absolute atomic E-state index is 12.2. The van der Waals surface area contributed by atoms with Crippen molar-refractivity contribution in [2.45, 2.75) is 26.9 Å².